The Morgan fingerprint density at radius 1 is 1.56 bits per heavy atom. The first-order chi connectivity index (χ1) is 7.47. The molecule has 0 bridgehead atoms. The van der Waals surface area contributed by atoms with Gasteiger partial charge in [0.2, 0.25) is 0 Å². The zero-order valence-corrected chi connectivity index (χ0v) is 10.8. The monoisotopic (exact) mass is 287 g/mol. The van der Waals surface area contributed by atoms with Gasteiger partial charge in [-0.25, -0.2) is 0 Å². The van der Waals surface area contributed by atoms with Gasteiger partial charge in [-0.1, -0.05) is 28.9 Å². The number of halogens is 1. The van der Waals surface area contributed by atoms with Gasteiger partial charge >= 0.3 is 0 Å². The molecule has 5 heteroatoms. The second-order valence-electron chi connectivity index (χ2n) is 3.72. The van der Waals surface area contributed by atoms with Crippen molar-refractivity contribution < 1.29 is 10.0 Å². The molecule has 0 saturated carbocycles. The van der Waals surface area contributed by atoms with Gasteiger partial charge in [0.25, 0.3) is 5.69 Å². The maximum Gasteiger partial charge on any atom is 0.270 e. The highest BCUT2D eigenvalue weighted by Crippen LogP contribution is 2.32. The van der Waals surface area contributed by atoms with Crippen molar-refractivity contribution in [1.29, 1.82) is 0 Å². The highest BCUT2D eigenvalue weighted by Gasteiger charge is 2.19. The fourth-order valence-corrected chi connectivity index (χ4v) is 2.41. The molecule has 0 spiro atoms. The van der Waals surface area contributed by atoms with Gasteiger partial charge in [0, 0.05) is 22.5 Å². The Bertz CT molecular complexity index is 393. The Labute approximate surface area is 103 Å². The van der Waals surface area contributed by atoms with Crippen LogP contribution in [0.5, 0.6) is 0 Å². The normalized spacial score (nSPS) is 14.5. The lowest BCUT2D eigenvalue weighted by Crippen LogP contribution is -2.14. The Morgan fingerprint density at radius 3 is 2.56 bits per heavy atom. The van der Waals surface area contributed by atoms with Crippen LogP contribution in [0.25, 0.3) is 0 Å². The van der Waals surface area contributed by atoms with Crippen molar-refractivity contribution in [2.45, 2.75) is 32.3 Å². The molecule has 1 rings (SSSR count). The van der Waals surface area contributed by atoms with Crippen molar-refractivity contribution >= 4 is 21.6 Å². The number of non-ortho nitro benzene ring substituents is 1. The smallest absolute Gasteiger partial charge is 0.270 e. The first-order valence-electron chi connectivity index (χ1n) is 5.09. The van der Waals surface area contributed by atoms with Crippen LogP contribution in [0.3, 0.4) is 0 Å². The summed E-state index contributed by atoms with van der Waals surface area (Å²) in [7, 11) is 0. The minimum absolute atomic E-state index is 0.00446. The minimum Gasteiger partial charge on any atom is -0.393 e. The van der Waals surface area contributed by atoms with E-state index in [1.807, 2.05) is 6.92 Å². The molecule has 1 aromatic rings. The number of hydrogen-bond donors (Lipinski definition) is 1. The lowest BCUT2D eigenvalue weighted by molar-refractivity contribution is -0.384. The Kier molecular flexibility index (Phi) is 4.44. The fraction of sp³-hybridized carbons (Fsp3) is 0.455. The Morgan fingerprint density at radius 2 is 2.19 bits per heavy atom. The van der Waals surface area contributed by atoms with Crippen molar-refractivity contribution in [1.82, 2.24) is 0 Å². The number of nitro groups is 1. The lowest BCUT2D eigenvalue weighted by atomic mass is 9.92. The second-order valence-corrected chi connectivity index (χ2v) is 4.57. The molecule has 1 aromatic carbocycles. The van der Waals surface area contributed by atoms with Crippen LogP contribution in [-0.2, 0) is 0 Å². The van der Waals surface area contributed by atoms with Crippen molar-refractivity contribution in [3.05, 3.63) is 38.3 Å². The second kappa shape index (κ2) is 5.41. The lowest BCUT2D eigenvalue weighted by Gasteiger charge is -2.19. The summed E-state index contributed by atoms with van der Waals surface area (Å²) in [6.45, 7) is 3.70. The number of nitrogens with zero attached hydrogens (tertiary/aromatic N) is 1. The van der Waals surface area contributed by atoms with Gasteiger partial charge < -0.3 is 5.11 Å². The maximum absolute atomic E-state index is 10.6. The molecule has 0 aliphatic carbocycles. The fourth-order valence-electron chi connectivity index (χ4n) is 1.75. The van der Waals surface area contributed by atoms with Crippen molar-refractivity contribution in [3.8, 4) is 0 Å². The van der Waals surface area contributed by atoms with Gasteiger partial charge in [-0.05, 0) is 18.9 Å². The molecule has 0 aliphatic rings. The van der Waals surface area contributed by atoms with E-state index in [4.69, 9.17) is 0 Å². The third-order valence-corrected chi connectivity index (χ3v) is 3.30. The number of aliphatic hydroxyl groups excluding tert-OH is 1. The third-order valence-electron chi connectivity index (χ3n) is 2.62. The van der Waals surface area contributed by atoms with Crippen LogP contribution in [0.15, 0.2) is 22.7 Å². The number of hydrogen-bond acceptors (Lipinski definition) is 3. The van der Waals surface area contributed by atoms with E-state index in [0.29, 0.717) is 4.47 Å². The standard InChI is InChI=1S/C11H14BrNO3/c1-3-9(7(2)14)10-5-4-8(13(15)16)6-11(10)12/h4-7,9,14H,3H2,1-2H3. The molecular formula is C11H14BrNO3. The molecule has 16 heavy (non-hydrogen) atoms. The largest absolute Gasteiger partial charge is 0.393 e. The van der Waals surface area contributed by atoms with Gasteiger partial charge in [0.15, 0.2) is 0 Å². The van der Waals surface area contributed by atoms with Gasteiger partial charge in [-0.2, -0.15) is 0 Å². The average molecular weight is 288 g/mol. The Hall–Kier alpha value is -0.940. The first kappa shape index (κ1) is 13.1. The van der Waals surface area contributed by atoms with Crippen molar-refractivity contribution in [3.63, 3.8) is 0 Å². The predicted molar refractivity (Wildman–Crippen MR) is 65.5 cm³/mol. The highest BCUT2D eigenvalue weighted by atomic mass is 79.9. The molecular weight excluding hydrogens is 274 g/mol. The predicted octanol–water partition coefficient (Wildman–Crippen LogP) is 3.23. The summed E-state index contributed by atoms with van der Waals surface area (Å²) in [4.78, 5) is 10.1. The molecule has 0 heterocycles. The summed E-state index contributed by atoms with van der Waals surface area (Å²) >= 11 is 3.31. The van der Waals surface area contributed by atoms with Crippen LogP contribution in [0.4, 0.5) is 5.69 Å². The van der Waals surface area contributed by atoms with E-state index in [2.05, 4.69) is 15.9 Å². The molecule has 0 aromatic heterocycles. The molecule has 2 atom stereocenters. The maximum atomic E-state index is 10.6. The quantitative estimate of drug-likeness (QED) is 0.683. The SMILES string of the molecule is CCC(c1ccc([N+](=O)[O-])cc1Br)C(C)O. The molecule has 0 amide bonds. The van der Waals surface area contributed by atoms with Gasteiger partial charge in [-0.15, -0.1) is 0 Å². The van der Waals surface area contributed by atoms with E-state index in [-0.39, 0.29) is 11.6 Å². The molecule has 0 radical (unpaired) electrons. The summed E-state index contributed by atoms with van der Waals surface area (Å²) in [5.41, 5.74) is 0.958. The number of nitro benzene ring substituents is 1. The summed E-state index contributed by atoms with van der Waals surface area (Å²) in [5, 5.41) is 20.2. The third kappa shape index (κ3) is 2.80. The molecule has 0 fully saturated rings. The molecule has 0 aliphatic heterocycles. The van der Waals surface area contributed by atoms with E-state index in [1.54, 1.807) is 13.0 Å². The van der Waals surface area contributed by atoms with E-state index < -0.39 is 11.0 Å². The summed E-state index contributed by atoms with van der Waals surface area (Å²) < 4.78 is 0.675. The van der Waals surface area contributed by atoms with Crippen LogP contribution >= 0.6 is 15.9 Å². The van der Waals surface area contributed by atoms with Gasteiger partial charge in [0.05, 0.1) is 11.0 Å². The van der Waals surface area contributed by atoms with Gasteiger partial charge in [-0.3, -0.25) is 10.1 Å². The summed E-state index contributed by atoms with van der Waals surface area (Å²) in [6.07, 6.45) is 0.316. The zero-order chi connectivity index (χ0) is 12.3. The molecule has 1 N–H and O–H groups in total. The van der Waals surface area contributed by atoms with Crippen LogP contribution in [0, 0.1) is 10.1 Å². The van der Waals surface area contributed by atoms with E-state index in [9.17, 15) is 15.2 Å². The van der Waals surface area contributed by atoms with Crippen molar-refractivity contribution in [2.24, 2.45) is 0 Å². The summed E-state index contributed by atoms with van der Waals surface area (Å²) in [6, 6.07) is 4.63. The molecule has 4 nitrogen and oxygen atoms in total. The average Bonchev–Trinajstić information content (AvgIpc) is 2.20. The van der Waals surface area contributed by atoms with E-state index in [0.717, 1.165) is 12.0 Å². The number of aliphatic hydroxyl groups is 1. The van der Waals surface area contributed by atoms with Gasteiger partial charge in [0.1, 0.15) is 0 Å². The van der Waals surface area contributed by atoms with Crippen LogP contribution in [0.1, 0.15) is 31.7 Å². The first-order valence-corrected chi connectivity index (χ1v) is 5.88. The van der Waals surface area contributed by atoms with E-state index >= 15 is 0 Å². The van der Waals surface area contributed by atoms with E-state index in [1.165, 1.54) is 12.1 Å². The van der Waals surface area contributed by atoms with Crippen LogP contribution in [0.2, 0.25) is 0 Å². The van der Waals surface area contributed by atoms with Crippen LogP contribution in [-0.4, -0.2) is 16.1 Å². The minimum atomic E-state index is -0.470. The topological polar surface area (TPSA) is 63.4 Å². The van der Waals surface area contributed by atoms with Crippen LogP contribution < -0.4 is 0 Å². The molecule has 88 valence electrons. The number of rotatable bonds is 4. The zero-order valence-electron chi connectivity index (χ0n) is 9.18. The molecule has 0 saturated heterocycles. The Balaban J connectivity index is 3.11. The highest BCUT2D eigenvalue weighted by molar-refractivity contribution is 9.10. The number of benzene rings is 1. The van der Waals surface area contributed by atoms with Crippen molar-refractivity contribution in [2.75, 3.05) is 0 Å². The summed E-state index contributed by atoms with van der Waals surface area (Å²) in [5.74, 6) is -0.00446. The molecule has 2 unspecified atom stereocenters.